The summed E-state index contributed by atoms with van der Waals surface area (Å²) in [6, 6.07) is 27.4. The van der Waals surface area contributed by atoms with E-state index in [1.165, 1.54) is 0 Å². The molecule has 1 radical (unpaired) electrons. The zero-order chi connectivity index (χ0) is 24.3. The fraction of sp³-hybridized carbons (Fsp3) is 0.0769. The largest absolute Gasteiger partial charge is 0.348 e. The molecule has 0 N–H and O–H groups in total. The zero-order valence-electron chi connectivity index (χ0n) is 19.6. The van der Waals surface area contributed by atoms with Crippen LogP contribution in [0.2, 0.25) is 0 Å². The average Bonchev–Trinajstić information content (AvgIpc) is 3.69. The molecule has 4 heterocycles. The predicted octanol–water partition coefficient (Wildman–Crippen LogP) is 1.69. The van der Waals surface area contributed by atoms with E-state index in [2.05, 4.69) is 50.4 Å². The molecule has 10 heteroatoms. The second-order valence-corrected chi connectivity index (χ2v) is 7.17. The Hall–Kier alpha value is -4.27. The third kappa shape index (κ3) is 7.62. The van der Waals surface area contributed by atoms with Crippen molar-refractivity contribution >= 4 is 0 Å². The Balaban J connectivity index is 0.000000149. The number of nitrogens with zero attached hydrogens (tertiary/aromatic N) is 9. The van der Waals surface area contributed by atoms with E-state index >= 15 is 0 Å². The molecule has 9 nitrogen and oxygen atoms in total. The third-order valence-electron chi connectivity index (χ3n) is 4.53. The fourth-order valence-electron chi connectivity index (χ4n) is 2.88. The summed E-state index contributed by atoms with van der Waals surface area (Å²) in [6.45, 7) is 0. The maximum absolute atomic E-state index is 4.02. The summed E-state index contributed by atoms with van der Waals surface area (Å²) < 4.78 is 7.56. The van der Waals surface area contributed by atoms with Gasteiger partial charge < -0.3 is 23.4 Å². The molecule has 0 fully saturated rings. The van der Waals surface area contributed by atoms with Gasteiger partial charge in [-0.15, -0.1) is 0 Å². The molecule has 36 heavy (non-hydrogen) atoms. The summed E-state index contributed by atoms with van der Waals surface area (Å²) >= 11 is 0. The molecule has 0 bridgehead atoms. The van der Waals surface area contributed by atoms with E-state index in [1.807, 2.05) is 118 Å². The Kier molecular flexibility index (Phi) is 9.93. The molecule has 0 aliphatic carbocycles. The molecule has 0 atom stereocenters. The quantitative estimate of drug-likeness (QED) is 0.215. The number of hydrogen-bond donors (Lipinski definition) is 0. The Morgan fingerprint density at radius 3 is 1.75 bits per heavy atom. The van der Waals surface area contributed by atoms with Gasteiger partial charge in [0.2, 0.25) is 12.7 Å². The van der Waals surface area contributed by atoms with Crippen LogP contribution in [-0.4, -0.2) is 29.6 Å². The van der Waals surface area contributed by atoms with Gasteiger partial charge in [0.1, 0.15) is 0 Å². The average molecular weight is 653 g/mol. The van der Waals surface area contributed by atoms with Crippen LogP contribution in [0.5, 0.6) is 0 Å². The topological polar surface area (TPSA) is 83.3 Å². The zero-order valence-corrected chi connectivity index (χ0v) is 22.0. The summed E-state index contributed by atoms with van der Waals surface area (Å²) in [5.41, 5.74) is 2.72. The maximum atomic E-state index is 4.02. The van der Waals surface area contributed by atoms with Crippen LogP contribution in [0.4, 0.5) is 0 Å². The Morgan fingerprint density at radius 2 is 1.36 bits per heavy atom. The van der Waals surface area contributed by atoms with Crippen LogP contribution in [0.1, 0.15) is 0 Å². The molecule has 2 aromatic carbocycles. The molecular formula is C26H22IrN9-3. The minimum absolute atomic E-state index is 0. The summed E-state index contributed by atoms with van der Waals surface area (Å²) in [5.74, 6) is 0.464. The Labute approximate surface area is 223 Å². The number of aromatic nitrogens is 9. The number of tetrazole rings is 1. The third-order valence-corrected chi connectivity index (χ3v) is 4.53. The Morgan fingerprint density at radius 1 is 0.778 bits per heavy atom. The maximum Gasteiger partial charge on any atom is 0.241 e. The molecule has 0 spiro atoms. The second-order valence-electron chi connectivity index (χ2n) is 7.17. The van der Waals surface area contributed by atoms with Gasteiger partial charge in [-0.3, -0.25) is 15.3 Å². The first-order chi connectivity index (χ1) is 17.2. The monoisotopic (exact) mass is 653 g/mol. The molecule has 0 amide bonds. The van der Waals surface area contributed by atoms with Gasteiger partial charge in [-0.25, -0.2) is 0 Å². The number of imidazole rings is 2. The standard InChI is InChI=1S/2C10H9N2.C6H4N5.Ir/c2*1-11-7-8-12(9-11)10-5-3-2-4-6-10;1-2-4-7-5(3-1)6-8-10-11-9-6;/h2*2-5,7-8H,1H3;1-4H;/q3*-1;. The van der Waals surface area contributed by atoms with Crippen molar-refractivity contribution < 1.29 is 29.2 Å². The van der Waals surface area contributed by atoms with Gasteiger partial charge in [-0.05, 0) is 12.1 Å². The summed E-state index contributed by atoms with van der Waals surface area (Å²) in [7, 11) is 3.89. The number of benzene rings is 2. The van der Waals surface area contributed by atoms with Crippen molar-refractivity contribution in [1.82, 2.24) is 34.7 Å². The van der Waals surface area contributed by atoms with Crippen LogP contribution >= 0.6 is 0 Å². The smallest absolute Gasteiger partial charge is 0.241 e. The van der Waals surface area contributed by atoms with Crippen molar-refractivity contribution in [2.24, 2.45) is 14.1 Å². The number of para-hydroxylation sites is 2. The van der Waals surface area contributed by atoms with Gasteiger partial charge in [0.15, 0.2) is 0 Å². The summed E-state index contributed by atoms with van der Waals surface area (Å²) in [6.07, 6.45) is 15.7. The molecule has 183 valence electrons. The molecule has 0 saturated heterocycles. The van der Waals surface area contributed by atoms with Gasteiger partial charge in [0.05, 0.1) is 25.6 Å². The van der Waals surface area contributed by atoms with E-state index in [9.17, 15) is 0 Å². The van der Waals surface area contributed by atoms with Crippen molar-refractivity contribution in [3.8, 4) is 22.9 Å². The molecule has 0 aliphatic rings. The minimum Gasteiger partial charge on any atom is -0.348 e. The first-order valence-corrected chi connectivity index (χ1v) is 10.7. The SMILES string of the molecule is C[n+]1[c-]n(-c2[c-]cccc2)cc1.C[n+]1[c-]n(-c2[c-]cccc2)cc1.[Ir].c1ccc(-c2nnn[n-]2)nc1. The van der Waals surface area contributed by atoms with Crippen LogP contribution in [-0.2, 0) is 34.2 Å². The van der Waals surface area contributed by atoms with Crippen LogP contribution in [0.15, 0.2) is 97.7 Å². The van der Waals surface area contributed by atoms with Crippen LogP contribution in [0.25, 0.3) is 22.9 Å². The van der Waals surface area contributed by atoms with Crippen molar-refractivity contribution in [3.05, 3.63) is 123 Å². The van der Waals surface area contributed by atoms with Crippen molar-refractivity contribution in [2.45, 2.75) is 0 Å². The van der Waals surface area contributed by atoms with Crippen molar-refractivity contribution in [1.29, 1.82) is 0 Å². The van der Waals surface area contributed by atoms with E-state index in [4.69, 9.17) is 0 Å². The van der Waals surface area contributed by atoms with E-state index in [1.54, 1.807) is 12.3 Å². The summed E-state index contributed by atoms with van der Waals surface area (Å²) in [5, 5.41) is 14.0. The van der Waals surface area contributed by atoms with Crippen LogP contribution in [0.3, 0.4) is 0 Å². The van der Waals surface area contributed by atoms with Gasteiger partial charge >= 0.3 is 0 Å². The molecule has 0 aliphatic heterocycles. The predicted molar refractivity (Wildman–Crippen MR) is 126 cm³/mol. The van der Waals surface area contributed by atoms with E-state index in [0.29, 0.717) is 11.5 Å². The number of hydrogen-bond acceptors (Lipinski definition) is 4. The van der Waals surface area contributed by atoms with Crippen molar-refractivity contribution in [3.63, 3.8) is 0 Å². The Bertz CT molecular complexity index is 1320. The fourth-order valence-corrected chi connectivity index (χ4v) is 2.88. The van der Waals surface area contributed by atoms with Crippen LogP contribution in [0, 0.1) is 24.8 Å². The normalized spacial score (nSPS) is 9.72. The van der Waals surface area contributed by atoms with Gasteiger partial charge in [0, 0.05) is 51.1 Å². The van der Waals surface area contributed by atoms with Gasteiger partial charge in [0.25, 0.3) is 0 Å². The number of rotatable bonds is 3. The van der Waals surface area contributed by atoms with Crippen molar-refractivity contribution in [2.75, 3.05) is 0 Å². The number of pyridine rings is 1. The number of aryl methyl sites for hydroxylation is 2. The molecule has 0 unspecified atom stereocenters. The molecule has 6 rings (SSSR count). The summed E-state index contributed by atoms with van der Waals surface area (Å²) in [4.78, 5) is 4.02. The van der Waals surface area contributed by atoms with E-state index < -0.39 is 0 Å². The molecule has 4 aromatic heterocycles. The minimum atomic E-state index is 0. The molecule has 0 saturated carbocycles. The van der Waals surface area contributed by atoms with Gasteiger partial charge in [-0.1, -0.05) is 17.4 Å². The first-order valence-electron chi connectivity index (χ1n) is 10.7. The van der Waals surface area contributed by atoms with Gasteiger partial charge in [-0.2, -0.15) is 65.9 Å². The second kappa shape index (κ2) is 13.6. The van der Waals surface area contributed by atoms with E-state index in [-0.39, 0.29) is 20.1 Å². The molecular weight excluding hydrogens is 631 g/mol. The molecule has 6 aromatic rings. The first kappa shape index (κ1) is 26.3. The van der Waals surface area contributed by atoms with Crippen LogP contribution < -0.4 is 14.2 Å². The van der Waals surface area contributed by atoms with E-state index in [0.717, 1.165) is 11.4 Å².